The van der Waals surface area contributed by atoms with Gasteiger partial charge in [-0.1, -0.05) is 0 Å². The maximum Gasteiger partial charge on any atom is 0.137 e. The summed E-state index contributed by atoms with van der Waals surface area (Å²) in [5.74, 6) is 3.36. The second-order valence-corrected chi connectivity index (χ2v) is 3.18. The summed E-state index contributed by atoms with van der Waals surface area (Å²) in [5.41, 5.74) is 6.42. The summed E-state index contributed by atoms with van der Waals surface area (Å²) in [6.45, 7) is 1.26. The predicted octanol–water partition coefficient (Wildman–Crippen LogP) is 1.38. The van der Waals surface area contributed by atoms with Gasteiger partial charge in [-0.05, 0) is 25.1 Å². The van der Waals surface area contributed by atoms with Gasteiger partial charge in [0.2, 0.25) is 0 Å². The van der Waals surface area contributed by atoms with E-state index in [1.165, 1.54) is 0 Å². The third-order valence-corrected chi connectivity index (χ3v) is 1.93. The maximum atomic E-state index is 5.45. The van der Waals surface area contributed by atoms with Gasteiger partial charge in [-0.15, -0.1) is 12.3 Å². The molecular weight excluding hydrogens is 188 g/mol. The molecule has 2 N–H and O–H groups in total. The van der Waals surface area contributed by atoms with Crippen molar-refractivity contribution in [3.8, 4) is 18.1 Å². The summed E-state index contributed by atoms with van der Waals surface area (Å²) in [6.07, 6.45) is 9.28. The molecule has 1 aromatic rings. The van der Waals surface area contributed by atoms with Crippen LogP contribution in [0.4, 0.5) is 0 Å². The number of nitrogens with zero attached hydrogens (tertiary/aromatic N) is 1. The van der Waals surface area contributed by atoms with E-state index in [9.17, 15) is 0 Å². The highest BCUT2D eigenvalue weighted by Gasteiger charge is 1.95. The second-order valence-electron chi connectivity index (χ2n) is 3.18. The van der Waals surface area contributed by atoms with E-state index in [2.05, 4.69) is 10.9 Å². The highest BCUT2D eigenvalue weighted by molar-refractivity contribution is 5.19. The van der Waals surface area contributed by atoms with E-state index in [4.69, 9.17) is 16.9 Å². The zero-order chi connectivity index (χ0) is 10.9. The molecule has 0 unspecified atom stereocenters. The molecule has 0 atom stereocenters. The minimum atomic E-state index is 0.620. The molecule has 0 saturated heterocycles. The number of pyridine rings is 1. The molecule has 0 fully saturated rings. The minimum absolute atomic E-state index is 0.620. The molecule has 0 amide bonds. The van der Waals surface area contributed by atoms with E-state index in [0.717, 1.165) is 30.7 Å². The first kappa shape index (κ1) is 11.5. The summed E-state index contributed by atoms with van der Waals surface area (Å²) in [6, 6.07) is 3.84. The normalized spacial score (nSPS) is 9.60. The van der Waals surface area contributed by atoms with Crippen LogP contribution >= 0.6 is 0 Å². The van der Waals surface area contributed by atoms with E-state index in [1.54, 1.807) is 6.20 Å². The lowest BCUT2D eigenvalue weighted by Gasteiger charge is -2.05. The monoisotopic (exact) mass is 204 g/mol. The molecule has 0 bridgehead atoms. The van der Waals surface area contributed by atoms with E-state index in [1.807, 2.05) is 12.1 Å². The molecular formula is C12H16N2O. The van der Waals surface area contributed by atoms with Gasteiger partial charge in [0.1, 0.15) is 5.75 Å². The Hall–Kier alpha value is -1.53. The van der Waals surface area contributed by atoms with Crippen LogP contribution in [-0.4, -0.2) is 18.1 Å². The average molecular weight is 204 g/mol. The van der Waals surface area contributed by atoms with Crippen LogP contribution in [0.3, 0.4) is 0 Å². The number of ether oxygens (including phenoxy) is 1. The predicted molar refractivity (Wildman–Crippen MR) is 60.6 cm³/mol. The Kier molecular flexibility index (Phi) is 5.28. The smallest absolute Gasteiger partial charge is 0.137 e. The van der Waals surface area contributed by atoms with Crippen molar-refractivity contribution in [3.63, 3.8) is 0 Å². The largest absolute Gasteiger partial charge is 0.492 e. The molecule has 15 heavy (non-hydrogen) atoms. The molecule has 0 aliphatic carbocycles. The van der Waals surface area contributed by atoms with Crippen LogP contribution in [0.25, 0.3) is 0 Å². The summed E-state index contributed by atoms with van der Waals surface area (Å²) >= 11 is 0. The first-order valence-electron chi connectivity index (χ1n) is 5.08. The van der Waals surface area contributed by atoms with Crippen LogP contribution in [0.15, 0.2) is 18.3 Å². The van der Waals surface area contributed by atoms with Crippen molar-refractivity contribution in [1.82, 2.24) is 4.98 Å². The van der Waals surface area contributed by atoms with Crippen LogP contribution in [0.5, 0.6) is 5.75 Å². The van der Waals surface area contributed by atoms with Crippen molar-refractivity contribution in [1.29, 1.82) is 0 Å². The summed E-state index contributed by atoms with van der Waals surface area (Å²) in [4.78, 5) is 4.22. The fourth-order valence-corrected chi connectivity index (χ4v) is 1.16. The zero-order valence-corrected chi connectivity index (χ0v) is 8.78. The van der Waals surface area contributed by atoms with Gasteiger partial charge in [0.25, 0.3) is 0 Å². The van der Waals surface area contributed by atoms with Gasteiger partial charge in [0, 0.05) is 18.5 Å². The lowest BCUT2D eigenvalue weighted by atomic mass is 10.3. The standard InChI is InChI=1S/C12H16N2O/c1-2-3-4-9-15-12-6-5-11(7-8-13)14-10-12/h1,5-6,10H,3-4,7-9,13H2. The molecule has 80 valence electrons. The van der Waals surface area contributed by atoms with Crippen molar-refractivity contribution >= 4 is 0 Å². The van der Waals surface area contributed by atoms with Gasteiger partial charge in [-0.25, -0.2) is 0 Å². The fraction of sp³-hybridized carbons (Fsp3) is 0.417. The maximum absolute atomic E-state index is 5.45. The first-order chi connectivity index (χ1) is 7.36. The van der Waals surface area contributed by atoms with Crippen LogP contribution in [0, 0.1) is 12.3 Å². The van der Waals surface area contributed by atoms with E-state index in [0.29, 0.717) is 13.2 Å². The Morgan fingerprint density at radius 3 is 2.93 bits per heavy atom. The van der Waals surface area contributed by atoms with Crippen molar-refractivity contribution in [2.45, 2.75) is 19.3 Å². The van der Waals surface area contributed by atoms with Crippen LogP contribution in [0.1, 0.15) is 18.5 Å². The Bertz CT molecular complexity index is 313. The lowest BCUT2D eigenvalue weighted by molar-refractivity contribution is 0.311. The Morgan fingerprint density at radius 1 is 1.47 bits per heavy atom. The quantitative estimate of drug-likeness (QED) is 0.562. The second kappa shape index (κ2) is 6.86. The van der Waals surface area contributed by atoms with Gasteiger partial charge in [-0.2, -0.15) is 0 Å². The van der Waals surface area contributed by atoms with Crippen molar-refractivity contribution in [2.24, 2.45) is 5.73 Å². The summed E-state index contributed by atoms with van der Waals surface area (Å²) in [7, 11) is 0. The number of hydrogen-bond donors (Lipinski definition) is 1. The van der Waals surface area contributed by atoms with Crippen molar-refractivity contribution < 1.29 is 4.74 Å². The highest BCUT2D eigenvalue weighted by atomic mass is 16.5. The first-order valence-corrected chi connectivity index (χ1v) is 5.08. The molecule has 3 heteroatoms. The Labute approximate surface area is 90.7 Å². The number of aromatic nitrogens is 1. The molecule has 0 spiro atoms. The number of unbranched alkanes of at least 4 members (excludes halogenated alkanes) is 1. The molecule has 0 aliphatic heterocycles. The molecule has 1 rings (SSSR count). The highest BCUT2D eigenvalue weighted by Crippen LogP contribution is 2.09. The van der Waals surface area contributed by atoms with Gasteiger partial charge < -0.3 is 10.5 Å². The molecule has 3 nitrogen and oxygen atoms in total. The van der Waals surface area contributed by atoms with Crippen molar-refractivity contribution in [3.05, 3.63) is 24.0 Å². The third kappa shape index (κ3) is 4.48. The van der Waals surface area contributed by atoms with Crippen molar-refractivity contribution in [2.75, 3.05) is 13.2 Å². The Balaban J connectivity index is 2.33. The zero-order valence-electron chi connectivity index (χ0n) is 8.78. The number of hydrogen-bond acceptors (Lipinski definition) is 3. The molecule has 0 saturated carbocycles. The fourth-order valence-electron chi connectivity index (χ4n) is 1.16. The van der Waals surface area contributed by atoms with E-state index < -0.39 is 0 Å². The Morgan fingerprint density at radius 2 is 2.33 bits per heavy atom. The number of terminal acetylenes is 1. The van der Waals surface area contributed by atoms with E-state index in [-0.39, 0.29) is 0 Å². The SMILES string of the molecule is C#CCCCOc1ccc(CCN)nc1. The number of rotatable bonds is 6. The van der Waals surface area contributed by atoms with Gasteiger partial charge in [0.15, 0.2) is 0 Å². The van der Waals surface area contributed by atoms with Crippen LogP contribution in [-0.2, 0) is 6.42 Å². The summed E-state index contributed by atoms with van der Waals surface area (Å²) < 4.78 is 5.45. The lowest BCUT2D eigenvalue weighted by Crippen LogP contribution is -2.04. The van der Waals surface area contributed by atoms with Gasteiger partial charge >= 0.3 is 0 Å². The third-order valence-electron chi connectivity index (χ3n) is 1.93. The molecule has 0 aliphatic rings. The van der Waals surface area contributed by atoms with Crippen LogP contribution < -0.4 is 10.5 Å². The average Bonchev–Trinajstić information content (AvgIpc) is 2.27. The minimum Gasteiger partial charge on any atom is -0.492 e. The molecule has 0 aromatic carbocycles. The molecule has 0 radical (unpaired) electrons. The number of nitrogens with two attached hydrogens (primary N) is 1. The topological polar surface area (TPSA) is 48.1 Å². The molecule has 1 heterocycles. The molecule has 1 aromatic heterocycles. The van der Waals surface area contributed by atoms with Crippen LogP contribution in [0.2, 0.25) is 0 Å². The van der Waals surface area contributed by atoms with Gasteiger partial charge in [0.05, 0.1) is 12.8 Å². The van der Waals surface area contributed by atoms with Gasteiger partial charge in [-0.3, -0.25) is 4.98 Å². The summed E-state index contributed by atoms with van der Waals surface area (Å²) in [5, 5.41) is 0. The van der Waals surface area contributed by atoms with E-state index >= 15 is 0 Å².